The lowest BCUT2D eigenvalue weighted by Gasteiger charge is -1.98. The van der Waals surface area contributed by atoms with Gasteiger partial charge in [-0.1, -0.05) is 24.3 Å². The molecule has 0 unspecified atom stereocenters. The van der Waals surface area contributed by atoms with E-state index >= 15 is 0 Å². The summed E-state index contributed by atoms with van der Waals surface area (Å²) in [6.07, 6.45) is 3.26. The quantitative estimate of drug-likeness (QED) is 0.471. The Labute approximate surface area is 90.6 Å². The Bertz CT molecular complexity index is 537. The number of azide groups is 1. The highest BCUT2D eigenvalue weighted by molar-refractivity contribution is 5.95. The second kappa shape index (κ2) is 4.29. The van der Waals surface area contributed by atoms with Gasteiger partial charge < -0.3 is 4.98 Å². The van der Waals surface area contributed by atoms with Crippen LogP contribution in [0.4, 0.5) is 0 Å². The molecular formula is C10H7N5O. The van der Waals surface area contributed by atoms with Crippen molar-refractivity contribution < 1.29 is 4.79 Å². The minimum Gasteiger partial charge on any atom is -0.345 e. The van der Waals surface area contributed by atoms with E-state index in [9.17, 15) is 4.79 Å². The summed E-state index contributed by atoms with van der Waals surface area (Å²) in [5.74, 6) is -0.585. The zero-order valence-corrected chi connectivity index (χ0v) is 8.16. The van der Waals surface area contributed by atoms with Crippen LogP contribution in [0.1, 0.15) is 10.4 Å². The van der Waals surface area contributed by atoms with E-state index < -0.39 is 5.91 Å². The summed E-state index contributed by atoms with van der Waals surface area (Å²) in [5.41, 5.74) is 10.3. The molecule has 0 aliphatic heterocycles. The van der Waals surface area contributed by atoms with E-state index in [4.69, 9.17) is 5.53 Å². The molecule has 1 N–H and O–H groups in total. The summed E-state index contributed by atoms with van der Waals surface area (Å²) >= 11 is 0. The molecule has 0 spiro atoms. The maximum atomic E-state index is 11.2. The normalized spacial score (nSPS) is 9.50. The number of aromatic amines is 1. The van der Waals surface area contributed by atoms with E-state index in [0.717, 1.165) is 11.3 Å². The summed E-state index contributed by atoms with van der Waals surface area (Å²) < 4.78 is 0. The van der Waals surface area contributed by atoms with E-state index in [1.54, 1.807) is 36.8 Å². The molecule has 1 heterocycles. The number of nitrogens with one attached hydrogen (secondary N) is 1. The van der Waals surface area contributed by atoms with Crippen LogP contribution in [0.15, 0.2) is 41.9 Å². The molecule has 0 radical (unpaired) electrons. The number of amides is 1. The van der Waals surface area contributed by atoms with Gasteiger partial charge in [-0.2, -0.15) is 0 Å². The van der Waals surface area contributed by atoms with Gasteiger partial charge in [0.2, 0.25) is 5.91 Å². The Morgan fingerprint density at radius 2 is 2.12 bits per heavy atom. The fourth-order valence-electron chi connectivity index (χ4n) is 1.30. The van der Waals surface area contributed by atoms with Gasteiger partial charge in [0.15, 0.2) is 0 Å². The van der Waals surface area contributed by atoms with Crippen LogP contribution in [0.5, 0.6) is 0 Å². The molecule has 0 atom stereocenters. The molecule has 1 amide bonds. The van der Waals surface area contributed by atoms with Crippen molar-refractivity contribution in [2.24, 2.45) is 5.11 Å². The number of aromatic nitrogens is 2. The molecule has 2 aromatic rings. The molecule has 0 saturated carbocycles. The zero-order chi connectivity index (χ0) is 11.4. The third-order valence-corrected chi connectivity index (χ3v) is 2.08. The largest absolute Gasteiger partial charge is 0.345 e. The summed E-state index contributed by atoms with van der Waals surface area (Å²) in [7, 11) is 0. The van der Waals surface area contributed by atoms with E-state index in [1.807, 2.05) is 0 Å². The van der Waals surface area contributed by atoms with Crippen LogP contribution in [-0.2, 0) is 0 Å². The van der Waals surface area contributed by atoms with Crippen LogP contribution in [0, 0.1) is 0 Å². The lowest BCUT2D eigenvalue weighted by molar-refractivity contribution is 0.100. The molecule has 16 heavy (non-hydrogen) atoms. The van der Waals surface area contributed by atoms with Crippen molar-refractivity contribution in [3.63, 3.8) is 0 Å². The summed E-state index contributed by atoms with van der Waals surface area (Å²) in [6, 6.07) is 6.72. The Hall–Kier alpha value is -2.59. The topological polar surface area (TPSA) is 94.5 Å². The van der Waals surface area contributed by atoms with Crippen molar-refractivity contribution in [3.05, 3.63) is 52.8 Å². The van der Waals surface area contributed by atoms with Crippen molar-refractivity contribution in [3.8, 4) is 11.3 Å². The standard InChI is InChI=1S/C10H7N5O/c11-15-14-10(16)8-3-1-7(2-4-8)9-5-12-6-13-9/h1-6H,(H,12,13). The van der Waals surface area contributed by atoms with Gasteiger partial charge in [0.25, 0.3) is 0 Å². The van der Waals surface area contributed by atoms with E-state index in [0.29, 0.717) is 5.56 Å². The van der Waals surface area contributed by atoms with Crippen LogP contribution in [-0.4, -0.2) is 15.9 Å². The van der Waals surface area contributed by atoms with Gasteiger partial charge in [-0.3, -0.25) is 4.79 Å². The van der Waals surface area contributed by atoms with E-state index in [1.165, 1.54) is 0 Å². The average molecular weight is 213 g/mol. The Morgan fingerprint density at radius 3 is 2.69 bits per heavy atom. The third kappa shape index (κ3) is 1.92. The number of carbonyl (C=O) groups excluding carboxylic acids is 1. The van der Waals surface area contributed by atoms with Crippen LogP contribution >= 0.6 is 0 Å². The minimum atomic E-state index is -0.585. The molecule has 1 aromatic heterocycles. The highest BCUT2D eigenvalue weighted by atomic mass is 16.1. The Morgan fingerprint density at radius 1 is 1.38 bits per heavy atom. The summed E-state index contributed by atoms with van der Waals surface area (Å²) in [5, 5.41) is 3.01. The van der Waals surface area contributed by atoms with Crippen molar-refractivity contribution in [1.82, 2.24) is 9.97 Å². The van der Waals surface area contributed by atoms with E-state index in [2.05, 4.69) is 20.0 Å². The zero-order valence-electron chi connectivity index (χ0n) is 8.16. The highest BCUT2D eigenvalue weighted by Gasteiger charge is 2.03. The lowest BCUT2D eigenvalue weighted by Crippen LogP contribution is -1.92. The number of rotatable bonds is 2. The fourth-order valence-corrected chi connectivity index (χ4v) is 1.30. The van der Waals surface area contributed by atoms with Gasteiger partial charge in [0.05, 0.1) is 18.2 Å². The predicted octanol–water partition coefficient (Wildman–Crippen LogP) is 2.53. The lowest BCUT2D eigenvalue weighted by atomic mass is 10.1. The first-order chi connectivity index (χ1) is 7.81. The number of nitrogens with zero attached hydrogens (tertiary/aromatic N) is 4. The molecule has 1 aromatic carbocycles. The van der Waals surface area contributed by atoms with Crippen LogP contribution in [0.2, 0.25) is 0 Å². The molecule has 0 aliphatic rings. The third-order valence-electron chi connectivity index (χ3n) is 2.08. The first kappa shape index (κ1) is 9.95. The van der Waals surface area contributed by atoms with Gasteiger partial charge in [0.1, 0.15) is 0 Å². The molecule has 6 nitrogen and oxygen atoms in total. The van der Waals surface area contributed by atoms with Crippen molar-refractivity contribution in [2.75, 3.05) is 0 Å². The number of hydrogen-bond acceptors (Lipinski definition) is 2. The molecule has 6 heteroatoms. The number of H-pyrrole nitrogens is 1. The SMILES string of the molecule is [N-]=[N+]=NC(=O)c1ccc(-c2cnc[nH]2)cc1. The van der Waals surface area contributed by atoms with Gasteiger partial charge in [-0.15, -0.1) is 0 Å². The number of imidazole rings is 1. The van der Waals surface area contributed by atoms with E-state index in [-0.39, 0.29) is 0 Å². The van der Waals surface area contributed by atoms with Crippen molar-refractivity contribution in [1.29, 1.82) is 0 Å². The fraction of sp³-hybridized carbons (Fsp3) is 0. The van der Waals surface area contributed by atoms with Crippen LogP contribution < -0.4 is 0 Å². The number of carbonyl (C=O) groups is 1. The van der Waals surface area contributed by atoms with Gasteiger partial charge in [0, 0.05) is 10.5 Å². The molecule has 0 fully saturated rings. The second-order valence-electron chi connectivity index (χ2n) is 3.04. The van der Waals surface area contributed by atoms with Crippen LogP contribution in [0.3, 0.4) is 0 Å². The average Bonchev–Trinajstić information content (AvgIpc) is 2.83. The first-order valence-electron chi connectivity index (χ1n) is 4.49. The molecule has 2 rings (SSSR count). The van der Waals surface area contributed by atoms with Crippen molar-refractivity contribution in [2.45, 2.75) is 0 Å². The summed E-state index contributed by atoms with van der Waals surface area (Å²) in [4.78, 5) is 20.5. The Kier molecular flexibility index (Phi) is 2.67. The smallest absolute Gasteiger partial charge is 0.249 e. The number of benzene rings is 1. The predicted molar refractivity (Wildman–Crippen MR) is 57.5 cm³/mol. The number of hydrogen-bond donors (Lipinski definition) is 1. The Balaban J connectivity index is 2.30. The maximum Gasteiger partial charge on any atom is 0.249 e. The minimum absolute atomic E-state index is 0.362. The molecular weight excluding hydrogens is 206 g/mol. The van der Waals surface area contributed by atoms with Crippen molar-refractivity contribution >= 4 is 5.91 Å². The van der Waals surface area contributed by atoms with Gasteiger partial charge in [-0.05, 0) is 16.2 Å². The first-order valence-corrected chi connectivity index (χ1v) is 4.49. The molecule has 0 saturated heterocycles. The van der Waals surface area contributed by atoms with Gasteiger partial charge in [-0.25, -0.2) is 4.98 Å². The summed E-state index contributed by atoms with van der Waals surface area (Å²) in [6.45, 7) is 0. The highest BCUT2D eigenvalue weighted by Crippen LogP contribution is 2.16. The molecule has 78 valence electrons. The van der Waals surface area contributed by atoms with Gasteiger partial charge >= 0.3 is 0 Å². The maximum absolute atomic E-state index is 11.2. The molecule has 0 aliphatic carbocycles. The second-order valence-corrected chi connectivity index (χ2v) is 3.04. The monoisotopic (exact) mass is 213 g/mol. The van der Waals surface area contributed by atoms with Crippen LogP contribution in [0.25, 0.3) is 21.7 Å². The molecule has 0 bridgehead atoms.